The molecule has 2 aromatic heterocycles. The Morgan fingerprint density at radius 2 is 1.88 bits per heavy atom. The highest BCUT2D eigenvalue weighted by Crippen LogP contribution is 2.27. The molecule has 170 valence electrons. The van der Waals surface area contributed by atoms with Crippen molar-refractivity contribution in [2.24, 2.45) is 7.05 Å². The van der Waals surface area contributed by atoms with E-state index in [0.717, 1.165) is 11.1 Å². The highest BCUT2D eigenvalue weighted by atomic mass is 35.5. The molecule has 0 radical (unpaired) electrons. The van der Waals surface area contributed by atoms with Gasteiger partial charge in [0.2, 0.25) is 0 Å². The van der Waals surface area contributed by atoms with E-state index in [1.165, 1.54) is 28.7 Å². The van der Waals surface area contributed by atoms with E-state index in [1.807, 2.05) is 13.0 Å². The van der Waals surface area contributed by atoms with Crippen LogP contribution in [0.15, 0.2) is 65.7 Å². The van der Waals surface area contributed by atoms with E-state index in [9.17, 15) is 13.2 Å². The molecule has 4 rings (SSSR count). The molecular formula is C23H22ClN5O3S. The average molecular weight is 484 g/mol. The monoisotopic (exact) mass is 483 g/mol. The first-order valence-corrected chi connectivity index (χ1v) is 12.0. The second kappa shape index (κ2) is 8.84. The SMILES string of the molecule is CCN(c1ccccc1)S(=O)(=O)c1ccc(Cl)c(C(=O)Nc2cnc3c(c2)c(C)nn3C)c1. The van der Waals surface area contributed by atoms with Gasteiger partial charge < -0.3 is 5.32 Å². The van der Waals surface area contributed by atoms with Crippen LogP contribution in [-0.4, -0.2) is 35.6 Å². The zero-order valence-electron chi connectivity index (χ0n) is 18.3. The zero-order valence-corrected chi connectivity index (χ0v) is 19.9. The van der Waals surface area contributed by atoms with Crippen LogP contribution in [0.3, 0.4) is 0 Å². The van der Waals surface area contributed by atoms with Gasteiger partial charge in [0.15, 0.2) is 5.65 Å². The normalized spacial score (nSPS) is 11.5. The van der Waals surface area contributed by atoms with Gasteiger partial charge in [0.1, 0.15) is 0 Å². The van der Waals surface area contributed by atoms with Gasteiger partial charge in [0, 0.05) is 19.0 Å². The molecule has 0 aliphatic carbocycles. The summed E-state index contributed by atoms with van der Waals surface area (Å²) in [4.78, 5) is 17.3. The minimum absolute atomic E-state index is 0.0283. The summed E-state index contributed by atoms with van der Waals surface area (Å²) in [5.74, 6) is -0.539. The number of sulfonamides is 1. The Labute approximate surface area is 196 Å². The lowest BCUT2D eigenvalue weighted by Crippen LogP contribution is -2.31. The van der Waals surface area contributed by atoms with Gasteiger partial charge in [-0.05, 0) is 50.2 Å². The number of hydrogen-bond donors (Lipinski definition) is 1. The standard InChI is InChI=1S/C23H22ClN5O3S/c1-4-29(17-8-6-5-7-9-17)33(31,32)18-10-11-21(24)20(13-18)23(30)26-16-12-19-15(2)27-28(3)22(19)25-14-16/h5-14H,4H2,1-3H3,(H,26,30). The second-order valence-electron chi connectivity index (χ2n) is 7.41. The number of hydrogen-bond acceptors (Lipinski definition) is 5. The number of amides is 1. The molecule has 1 N–H and O–H groups in total. The predicted molar refractivity (Wildman–Crippen MR) is 129 cm³/mol. The van der Waals surface area contributed by atoms with Crippen LogP contribution in [0.5, 0.6) is 0 Å². The first-order valence-electron chi connectivity index (χ1n) is 10.2. The molecule has 33 heavy (non-hydrogen) atoms. The van der Waals surface area contributed by atoms with Crippen molar-refractivity contribution in [2.45, 2.75) is 18.7 Å². The number of rotatable bonds is 6. The summed E-state index contributed by atoms with van der Waals surface area (Å²) in [6.45, 7) is 3.83. The fraction of sp³-hybridized carbons (Fsp3) is 0.174. The fourth-order valence-electron chi connectivity index (χ4n) is 3.63. The lowest BCUT2D eigenvalue weighted by Gasteiger charge is -2.23. The zero-order chi connectivity index (χ0) is 23.8. The Bertz CT molecular complexity index is 1450. The molecule has 0 fully saturated rings. The molecule has 8 nitrogen and oxygen atoms in total. The van der Waals surface area contributed by atoms with Gasteiger partial charge in [-0.3, -0.25) is 13.8 Å². The summed E-state index contributed by atoms with van der Waals surface area (Å²) in [5, 5.41) is 8.01. The van der Waals surface area contributed by atoms with E-state index in [4.69, 9.17) is 11.6 Å². The van der Waals surface area contributed by atoms with Crippen LogP contribution in [0, 0.1) is 6.92 Å². The van der Waals surface area contributed by atoms with E-state index < -0.39 is 15.9 Å². The van der Waals surface area contributed by atoms with Crippen molar-refractivity contribution in [1.29, 1.82) is 0 Å². The lowest BCUT2D eigenvalue weighted by atomic mass is 10.2. The number of anilines is 2. The van der Waals surface area contributed by atoms with Crippen LogP contribution in [0.4, 0.5) is 11.4 Å². The number of carbonyl (C=O) groups is 1. The van der Waals surface area contributed by atoms with E-state index in [-0.39, 0.29) is 22.0 Å². The lowest BCUT2D eigenvalue weighted by molar-refractivity contribution is 0.102. The molecule has 0 bridgehead atoms. The molecule has 4 aromatic rings. The van der Waals surface area contributed by atoms with Crippen molar-refractivity contribution < 1.29 is 13.2 Å². The van der Waals surface area contributed by atoms with Gasteiger partial charge in [-0.2, -0.15) is 5.10 Å². The number of aryl methyl sites for hydroxylation is 2. The summed E-state index contributed by atoms with van der Waals surface area (Å²) in [7, 11) is -2.12. The van der Waals surface area contributed by atoms with E-state index in [1.54, 1.807) is 49.0 Å². The van der Waals surface area contributed by atoms with Crippen molar-refractivity contribution in [2.75, 3.05) is 16.2 Å². The molecule has 10 heteroatoms. The number of nitrogens with one attached hydrogen (secondary N) is 1. The van der Waals surface area contributed by atoms with Gasteiger partial charge in [0.05, 0.1) is 38.7 Å². The van der Waals surface area contributed by atoms with Gasteiger partial charge >= 0.3 is 0 Å². The maximum absolute atomic E-state index is 13.3. The van der Waals surface area contributed by atoms with Crippen molar-refractivity contribution in [3.63, 3.8) is 0 Å². The van der Waals surface area contributed by atoms with Crippen molar-refractivity contribution >= 4 is 49.9 Å². The highest BCUT2D eigenvalue weighted by molar-refractivity contribution is 7.92. The molecule has 2 aromatic carbocycles. The second-order valence-corrected chi connectivity index (χ2v) is 9.67. The molecule has 1 amide bonds. The quantitative estimate of drug-likeness (QED) is 0.438. The molecule has 0 saturated carbocycles. The Balaban J connectivity index is 1.67. The van der Waals surface area contributed by atoms with Crippen LogP contribution < -0.4 is 9.62 Å². The maximum atomic E-state index is 13.3. The van der Waals surface area contributed by atoms with Crippen LogP contribution >= 0.6 is 11.6 Å². The Morgan fingerprint density at radius 1 is 1.15 bits per heavy atom. The average Bonchev–Trinajstić information content (AvgIpc) is 3.07. The van der Waals surface area contributed by atoms with Gasteiger partial charge in [0.25, 0.3) is 15.9 Å². The Kier molecular flexibility index (Phi) is 6.09. The molecule has 2 heterocycles. The minimum Gasteiger partial charge on any atom is -0.321 e. The first kappa shape index (κ1) is 22.8. The van der Waals surface area contributed by atoms with E-state index in [0.29, 0.717) is 17.0 Å². The van der Waals surface area contributed by atoms with Crippen molar-refractivity contribution in [1.82, 2.24) is 14.8 Å². The summed E-state index contributed by atoms with van der Waals surface area (Å²) >= 11 is 6.26. The Morgan fingerprint density at radius 3 is 2.58 bits per heavy atom. The molecular weight excluding hydrogens is 462 g/mol. The number of halogens is 1. The Hall–Kier alpha value is -3.43. The molecule has 0 atom stereocenters. The minimum atomic E-state index is -3.91. The maximum Gasteiger partial charge on any atom is 0.264 e. The third-order valence-corrected chi connectivity index (χ3v) is 7.45. The van der Waals surface area contributed by atoms with Crippen LogP contribution in [0.2, 0.25) is 5.02 Å². The topological polar surface area (TPSA) is 97.2 Å². The molecule has 0 saturated heterocycles. The smallest absolute Gasteiger partial charge is 0.264 e. The number of pyridine rings is 1. The summed E-state index contributed by atoms with van der Waals surface area (Å²) < 4.78 is 29.6. The van der Waals surface area contributed by atoms with Gasteiger partial charge in [-0.15, -0.1) is 0 Å². The summed E-state index contributed by atoms with van der Waals surface area (Å²) in [6, 6.07) is 14.6. The van der Waals surface area contributed by atoms with Crippen LogP contribution in [-0.2, 0) is 17.1 Å². The van der Waals surface area contributed by atoms with Gasteiger partial charge in [-0.25, -0.2) is 13.4 Å². The van der Waals surface area contributed by atoms with Crippen molar-refractivity contribution in [3.8, 4) is 0 Å². The fourth-order valence-corrected chi connectivity index (χ4v) is 5.33. The molecule has 0 spiro atoms. The summed E-state index contributed by atoms with van der Waals surface area (Å²) in [5.41, 5.74) is 2.50. The number of aromatic nitrogens is 3. The third-order valence-electron chi connectivity index (χ3n) is 5.22. The molecule has 0 aliphatic heterocycles. The highest BCUT2D eigenvalue weighted by Gasteiger charge is 2.25. The molecule has 0 unspecified atom stereocenters. The predicted octanol–water partition coefficient (Wildman–Crippen LogP) is 4.40. The number of benzene rings is 2. The third kappa shape index (κ3) is 4.29. The van der Waals surface area contributed by atoms with Crippen LogP contribution in [0.1, 0.15) is 23.0 Å². The van der Waals surface area contributed by atoms with Crippen molar-refractivity contribution in [3.05, 3.63) is 77.1 Å². The summed E-state index contributed by atoms with van der Waals surface area (Å²) in [6.07, 6.45) is 1.52. The van der Waals surface area contributed by atoms with Crippen LogP contribution in [0.25, 0.3) is 11.0 Å². The number of nitrogens with zero attached hydrogens (tertiary/aromatic N) is 4. The number of para-hydroxylation sites is 1. The largest absolute Gasteiger partial charge is 0.321 e. The van der Waals surface area contributed by atoms with Gasteiger partial charge in [-0.1, -0.05) is 29.8 Å². The number of carbonyl (C=O) groups excluding carboxylic acids is 1. The first-order chi connectivity index (χ1) is 15.7. The number of fused-ring (bicyclic) bond motifs is 1. The van der Waals surface area contributed by atoms with E-state index in [2.05, 4.69) is 15.4 Å². The van der Waals surface area contributed by atoms with E-state index >= 15 is 0 Å². The molecule has 0 aliphatic rings.